The highest BCUT2D eigenvalue weighted by Crippen LogP contribution is 2.39. The maximum atomic E-state index is 4.27. The molecule has 0 atom stereocenters. The molecule has 0 spiro atoms. The summed E-state index contributed by atoms with van der Waals surface area (Å²) >= 11 is 3.63. The molecule has 1 saturated carbocycles. The van der Waals surface area contributed by atoms with Gasteiger partial charge in [-0.2, -0.15) is 5.10 Å². The number of halogens is 1. The van der Waals surface area contributed by atoms with Gasteiger partial charge in [0.15, 0.2) is 5.82 Å². The van der Waals surface area contributed by atoms with Crippen molar-refractivity contribution in [2.45, 2.75) is 31.3 Å². The van der Waals surface area contributed by atoms with Gasteiger partial charge in [-0.1, -0.05) is 34.1 Å². The minimum absolute atomic E-state index is 0.584. The Hall–Kier alpha value is -1.20. The number of hydrogen-bond acceptors (Lipinski definition) is 3. The Morgan fingerprint density at radius 2 is 2.16 bits per heavy atom. The van der Waals surface area contributed by atoms with Gasteiger partial charge in [-0.05, 0) is 30.4 Å². The van der Waals surface area contributed by atoms with Crippen LogP contribution in [0.3, 0.4) is 0 Å². The van der Waals surface area contributed by atoms with Crippen LogP contribution in [0.5, 0.6) is 0 Å². The number of aromatic nitrogens is 3. The van der Waals surface area contributed by atoms with E-state index in [1.165, 1.54) is 22.9 Å². The molecule has 0 amide bonds. The van der Waals surface area contributed by atoms with Crippen LogP contribution in [0, 0.1) is 0 Å². The monoisotopic (exact) mass is 320 g/mol. The first-order valence-corrected chi connectivity index (χ1v) is 7.34. The second-order valence-electron chi connectivity index (χ2n) is 5.10. The Kier molecular flexibility index (Phi) is 3.66. The maximum absolute atomic E-state index is 4.27. The van der Waals surface area contributed by atoms with Gasteiger partial charge in [-0.3, -0.25) is 4.68 Å². The van der Waals surface area contributed by atoms with E-state index in [4.69, 9.17) is 0 Å². The fourth-order valence-electron chi connectivity index (χ4n) is 2.55. The third-order valence-electron chi connectivity index (χ3n) is 3.68. The minimum Gasteiger partial charge on any atom is -0.307 e. The molecule has 0 aliphatic heterocycles. The molecule has 1 N–H and O–H groups in total. The largest absolute Gasteiger partial charge is 0.307 e. The van der Waals surface area contributed by atoms with E-state index in [1.54, 1.807) is 11.0 Å². The highest BCUT2D eigenvalue weighted by atomic mass is 79.9. The second-order valence-corrected chi connectivity index (χ2v) is 5.96. The number of benzene rings is 1. The van der Waals surface area contributed by atoms with E-state index < -0.39 is 0 Å². The molecule has 1 aromatic carbocycles. The summed E-state index contributed by atoms with van der Waals surface area (Å²) < 4.78 is 2.96. The number of hydrogen-bond donors (Lipinski definition) is 1. The molecule has 5 heteroatoms. The van der Waals surface area contributed by atoms with Crippen molar-refractivity contribution in [3.63, 3.8) is 0 Å². The fourth-order valence-corrected chi connectivity index (χ4v) is 3.15. The molecular weight excluding hydrogens is 304 g/mol. The minimum atomic E-state index is 0.584. The SMILES string of the molecule is Cn1cnc(CNC2CC(c3ccccc3Br)C2)n1. The standard InChI is InChI=1S/C14H17BrN4/c1-19-9-17-14(18-19)8-16-11-6-10(7-11)12-4-2-3-5-13(12)15/h2-5,9-11,16H,6-8H2,1H3. The van der Waals surface area contributed by atoms with Gasteiger partial charge in [-0.15, -0.1) is 0 Å². The first-order valence-electron chi connectivity index (χ1n) is 6.54. The van der Waals surface area contributed by atoms with Gasteiger partial charge in [0.2, 0.25) is 0 Å². The third-order valence-corrected chi connectivity index (χ3v) is 4.40. The summed E-state index contributed by atoms with van der Waals surface area (Å²) in [5.41, 5.74) is 1.43. The van der Waals surface area contributed by atoms with E-state index in [1.807, 2.05) is 7.05 Å². The second kappa shape index (κ2) is 5.43. The Labute approximate surface area is 121 Å². The molecule has 0 radical (unpaired) electrons. The van der Waals surface area contributed by atoms with Crippen LogP contribution in [-0.2, 0) is 13.6 Å². The van der Waals surface area contributed by atoms with Crippen molar-refractivity contribution in [3.8, 4) is 0 Å². The number of aryl methyl sites for hydroxylation is 1. The molecule has 0 saturated heterocycles. The van der Waals surface area contributed by atoms with Crippen LogP contribution in [-0.4, -0.2) is 20.8 Å². The lowest BCUT2D eigenvalue weighted by molar-refractivity contribution is 0.287. The van der Waals surface area contributed by atoms with Crippen LogP contribution in [0.2, 0.25) is 0 Å². The van der Waals surface area contributed by atoms with Gasteiger partial charge in [0, 0.05) is 17.6 Å². The maximum Gasteiger partial charge on any atom is 0.164 e. The highest BCUT2D eigenvalue weighted by Gasteiger charge is 2.30. The molecule has 0 unspecified atom stereocenters. The molecule has 2 aromatic rings. The molecule has 1 fully saturated rings. The topological polar surface area (TPSA) is 42.7 Å². The molecule has 1 aromatic heterocycles. The van der Waals surface area contributed by atoms with Crippen LogP contribution in [0.25, 0.3) is 0 Å². The normalized spacial score (nSPS) is 22.2. The molecule has 1 aliphatic carbocycles. The van der Waals surface area contributed by atoms with E-state index in [0.29, 0.717) is 12.0 Å². The average molecular weight is 321 g/mol. The fraction of sp³-hybridized carbons (Fsp3) is 0.429. The van der Waals surface area contributed by atoms with Crippen molar-refractivity contribution in [1.29, 1.82) is 0 Å². The van der Waals surface area contributed by atoms with Crippen molar-refractivity contribution in [1.82, 2.24) is 20.1 Å². The van der Waals surface area contributed by atoms with Gasteiger partial charge >= 0.3 is 0 Å². The Morgan fingerprint density at radius 3 is 2.84 bits per heavy atom. The zero-order valence-electron chi connectivity index (χ0n) is 10.9. The summed E-state index contributed by atoms with van der Waals surface area (Å²) in [6.45, 7) is 0.758. The van der Waals surface area contributed by atoms with Crippen LogP contribution >= 0.6 is 15.9 Å². The van der Waals surface area contributed by atoms with Crippen molar-refractivity contribution in [2.24, 2.45) is 7.05 Å². The number of nitrogens with one attached hydrogen (secondary N) is 1. The highest BCUT2D eigenvalue weighted by molar-refractivity contribution is 9.10. The summed E-state index contributed by atoms with van der Waals surface area (Å²) in [7, 11) is 1.89. The van der Waals surface area contributed by atoms with E-state index in [2.05, 4.69) is 55.6 Å². The first-order chi connectivity index (χ1) is 9.22. The molecule has 1 aliphatic rings. The molecule has 3 rings (SSSR count). The lowest BCUT2D eigenvalue weighted by Gasteiger charge is -2.36. The summed E-state index contributed by atoms with van der Waals surface area (Å²) in [5.74, 6) is 1.54. The summed E-state index contributed by atoms with van der Waals surface area (Å²) in [5, 5.41) is 7.78. The zero-order chi connectivity index (χ0) is 13.2. The van der Waals surface area contributed by atoms with Crippen molar-refractivity contribution < 1.29 is 0 Å². The quantitative estimate of drug-likeness (QED) is 0.941. The molecule has 1 heterocycles. The molecule has 100 valence electrons. The molecular formula is C14H17BrN4. The van der Waals surface area contributed by atoms with Crippen molar-refractivity contribution >= 4 is 15.9 Å². The summed E-state index contributed by atoms with van der Waals surface area (Å²) in [6, 6.07) is 9.09. The van der Waals surface area contributed by atoms with Crippen LogP contribution in [0.4, 0.5) is 0 Å². The van der Waals surface area contributed by atoms with E-state index in [-0.39, 0.29) is 0 Å². The summed E-state index contributed by atoms with van der Waals surface area (Å²) in [6.07, 6.45) is 4.12. The number of nitrogens with zero attached hydrogens (tertiary/aromatic N) is 3. The third kappa shape index (κ3) is 2.87. The predicted octanol–water partition coefficient (Wildman–Crippen LogP) is 2.61. The predicted molar refractivity (Wildman–Crippen MR) is 77.7 cm³/mol. The molecule has 0 bridgehead atoms. The zero-order valence-corrected chi connectivity index (χ0v) is 12.5. The van der Waals surface area contributed by atoms with Crippen LogP contribution < -0.4 is 5.32 Å². The van der Waals surface area contributed by atoms with Crippen LogP contribution in [0.1, 0.15) is 30.1 Å². The van der Waals surface area contributed by atoms with Crippen molar-refractivity contribution in [2.75, 3.05) is 0 Å². The van der Waals surface area contributed by atoms with Gasteiger partial charge in [-0.25, -0.2) is 4.98 Å². The van der Waals surface area contributed by atoms with Gasteiger partial charge in [0.05, 0.1) is 6.54 Å². The van der Waals surface area contributed by atoms with Gasteiger partial charge in [0.1, 0.15) is 6.33 Å². The van der Waals surface area contributed by atoms with Crippen molar-refractivity contribution in [3.05, 3.63) is 46.5 Å². The summed E-state index contributed by atoms with van der Waals surface area (Å²) in [4.78, 5) is 4.22. The van der Waals surface area contributed by atoms with E-state index >= 15 is 0 Å². The first kappa shape index (κ1) is 12.8. The average Bonchev–Trinajstić information content (AvgIpc) is 2.75. The molecule has 4 nitrogen and oxygen atoms in total. The Balaban J connectivity index is 1.49. The number of rotatable bonds is 4. The van der Waals surface area contributed by atoms with E-state index in [0.717, 1.165) is 12.4 Å². The Bertz CT molecular complexity index is 560. The van der Waals surface area contributed by atoms with Gasteiger partial charge < -0.3 is 5.32 Å². The smallest absolute Gasteiger partial charge is 0.164 e. The van der Waals surface area contributed by atoms with Crippen LogP contribution in [0.15, 0.2) is 35.1 Å². The van der Waals surface area contributed by atoms with Gasteiger partial charge in [0.25, 0.3) is 0 Å². The lowest BCUT2D eigenvalue weighted by Crippen LogP contribution is -2.39. The lowest BCUT2D eigenvalue weighted by atomic mass is 9.76. The molecule has 19 heavy (non-hydrogen) atoms. The van der Waals surface area contributed by atoms with E-state index in [9.17, 15) is 0 Å². The Morgan fingerprint density at radius 1 is 1.37 bits per heavy atom.